The van der Waals surface area contributed by atoms with E-state index in [1.807, 2.05) is 13.0 Å². The summed E-state index contributed by atoms with van der Waals surface area (Å²) < 4.78 is 11.0. The molecule has 1 aliphatic rings. The van der Waals surface area contributed by atoms with Gasteiger partial charge in [0.25, 0.3) is 0 Å². The first-order valence-corrected chi connectivity index (χ1v) is 22.2. The first-order chi connectivity index (χ1) is 26.3. The van der Waals surface area contributed by atoms with Gasteiger partial charge in [0, 0.05) is 6.42 Å². The van der Waals surface area contributed by atoms with Crippen LogP contribution in [0, 0.1) is 0 Å². The van der Waals surface area contributed by atoms with E-state index in [9.17, 15) is 30.3 Å². The van der Waals surface area contributed by atoms with Crippen molar-refractivity contribution in [1.29, 1.82) is 0 Å². The van der Waals surface area contributed by atoms with E-state index >= 15 is 0 Å². The third kappa shape index (κ3) is 26.3. The van der Waals surface area contributed by atoms with Crippen molar-refractivity contribution in [1.82, 2.24) is 5.32 Å². The van der Waals surface area contributed by atoms with E-state index in [1.54, 1.807) is 6.08 Å². The second-order valence-corrected chi connectivity index (χ2v) is 15.5. The molecule has 1 aliphatic heterocycles. The maximum atomic E-state index is 12.3. The van der Waals surface area contributed by atoms with Crippen molar-refractivity contribution in [2.45, 2.75) is 230 Å². The zero-order valence-corrected chi connectivity index (χ0v) is 34.5. The fourth-order valence-corrected chi connectivity index (χ4v) is 6.88. The van der Waals surface area contributed by atoms with E-state index in [1.165, 1.54) is 135 Å². The van der Waals surface area contributed by atoms with E-state index in [-0.39, 0.29) is 18.9 Å². The summed E-state index contributed by atoms with van der Waals surface area (Å²) >= 11 is 0. The van der Waals surface area contributed by atoms with Crippen LogP contribution in [0.2, 0.25) is 0 Å². The molecule has 1 fully saturated rings. The number of nitrogens with one attached hydrogen (secondary N) is 1. The van der Waals surface area contributed by atoms with Crippen molar-refractivity contribution < 1.29 is 39.8 Å². The molecule has 0 aromatic rings. The Bertz CT molecular complexity index is 941. The van der Waals surface area contributed by atoms with Crippen molar-refractivity contribution in [3.63, 3.8) is 0 Å². The van der Waals surface area contributed by atoms with Crippen LogP contribution in [0.1, 0.15) is 187 Å². The minimum atomic E-state index is -1.57. The molecule has 9 nitrogen and oxygen atoms in total. The van der Waals surface area contributed by atoms with Gasteiger partial charge in [-0.25, -0.2) is 0 Å². The molecular formula is C45H83NO8. The van der Waals surface area contributed by atoms with Crippen LogP contribution in [-0.4, -0.2) is 87.5 Å². The number of rotatable bonds is 36. The largest absolute Gasteiger partial charge is 0.394 e. The molecule has 7 unspecified atom stereocenters. The predicted octanol–water partition coefficient (Wildman–Crippen LogP) is 8.89. The summed E-state index contributed by atoms with van der Waals surface area (Å²) in [5.41, 5.74) is 0. The van der Waals surface area contributed by atoms with Crippen LogP contribution in [0.4, 0.5) is 0 Å². The third-order valence-corrected chi connectivity index (χ3v) is 10.4. The van der Waals surface area contributed by atoms with E-state index in [4.69, 9.17) is 9.47 Å². The van der Waals surface area contributed by atoms with Gasteiger partial charge in [0.2, 0.25) is 5.91 Å². The van der Waals surface area contributed by atoms with E-state index in [0.717, 1.165) is 25.7 Å². The van der Waals surface area contributed by atoms with Gasteiger partial charge in [0.15, 0.2) is 6.29 Å². The number of ether oxygens (including phenoxy) is 2. The van der Waals surface area contributed by atoms with Crippen LogP contribution >= 0.6 is 0 Å². The minimum absolute atomic E-state index is 0.212. The van der Waals surface area contributed by atoms with Crippen molar-refractivity contribution >= 4 is 5.91 Å². The van der Waals surface area contributed by atoms with Gasteiger partial charge in [-0.3, -0.25) is 4.79 Å². The normalized spacial score (nSPS) is 21.8. The number of aliphatic hydroxyl groups excluding tert-OH is 5. The van der Waals surface area contributed by atoms with Crippen LogP contribution in [0.3, 0.4) is 0 Å². The standard InChI is InChI=1S/C45H83NO8/c1-3-5-6-7-8-9-10-11-12-13-14-15-16-17-18-19-20-21-22-23-24-25-26-27-28-29-30-31-32-33-35-39(48)38(46-41(49)34-4-2)37-53-45-44(52)43(51)42(50)40(36-47)54-45/h25-26,29-30,33,35,38-40,42-45,47-48,50-52H,3-24,27-28,31-32,34,36-37H2,1-2H3,(H,46,49)/b26-25+,30-29+,35-33+. The van der Waals surface area contributed by atoms with E-state index < -0.39 is 49.5 Å². The van der Waals surface area contributed by atoms with Gasteiger partial charge in [0.05, 0.1) is 25.4 Å². The summed E-state index contributed by atoms with van der Waals surface area (Å²) in [4.78, 5) is 12.3. The molecule has 0 aromatic carbocycles. The maximum Gasteiger partial charge on any atom is 0.220 e. The van der Waals surface area contributed by atoms with Gasteiger partial charge in [-0.1, -0.05) is 172 Å². The van der Waals surface area contributed by atoms with Crippen LogP contribution in [0.25, 0.3) is 0 Å². The van der Waals surface area contributed by atoms with Gasteiger partial charge in [-0.2, -0.15) is 0 Å². The highest BCUT2D eigenvalue weighted by Gasteiger charge is 2.44. The molecule has 0 aromatic heterocycles. The number of hydrogen-bond donors (Lipinski definition) is 6. The number of amides is 1. The highest BCUT2D eigenvalue weighted by atomic mass is 16.7. The van der Waals surface area contributed by atoms with Crippen LogP contribution in [0.15, 0.2) is 36.5 Å². The monoisotopic (exact) mass is 766 g/mol. The van der Waals surface area contributed by atoms with Crippen molar-refractivity contribution in [3.05, 3.63) is 36.5 Å². The molecule has 1 rings (SSSR count). The lowest BCUT2D eigenvalue weighted by atomic mass is 9.99. The molecule has 0 saturated carbocycles. The highest BCUT2D eigenvalue weighted by molar-refractivity contribution is 5.76. The van der Waals surface area contributed by atoms with Gasteiger partial charge in [-0.05, 0) is 44.9 Å². The Kier molecular flexibility index (Phi) is 33.4. The summed E-state index contributed by atoms with van der Waals surface area (Å²) in [6.45, 7) is 3.38. The Balaban J connectivity index is 2.05. The fraction of sp³-hybridized carbons (Fsp3) is 0.844. The average Bonchev–Trinajstić information content (AvgIpc) is 3.17. The maximum absolute atomic E-state index is 12.3. The first-order valence-electron chi connectivity index (χ1n) is 22.2. The summed E-state index contributed by atoms with van der Waals surface area (Å²) in [6, 6.07) is -0.821. The van der Waals surface area contributed by atoms with Gasteiger partial charge in [-0.15, -0.1) is 0 Å². The lowest BCUT2D eigenvalue weighted by Gasteiger charge is -2.40. The van der Waals surface area contributed by atoms with Gasteiger partial charge < -0.3 is 40.3 Å². The highest BCUT2D eigenvalue weighted by Crippen LogP contribution is 2.22. The zero-order chi connectivity index (χ0) is 39.5. The molecule has 1 saturated heterocycles. The SMILES string of the molecule is CCCCCCCCCCCCCCCCCCCCCC/C=C/CC/C=C/CC/C=C/C(O)C(COC1OC(CO)C(O)C(O)C1O)NC(=O)CCC. The van der Waals surface area contributed by atoms with Gasteiger partial charge >= 0.3 is 0 Å². The molecule has 0 spiro atoms. The molecule has 7 atom stereocenters. The molecule has 0 radical (unpaired) electrons. The molecule has 316 valence electrons. The molecular weight excluding hydrogens is 682 g/mol. The number of allylic oxidation sites excluding steroid dienone is 5. The van der Waals surface area contributed by atoms with Crippen LogP contribution in [-0.2, 0) is 14.3 Å². The minimum Gasteiger partial charge on any atom is -0.394 e. The fourth-order valence-electron chi connectivity index (χ4n) is 6.88. The van der Waals surface area contributed by atoms with E-state index in [0.29, 0.717) is 6.42 Å². The molecule has 9 heteroatoms. The second-order valence-electron chi connectivity index (χ2n) is 15.5. The Labute approximate surface area is 330 Å². The lowest BCUT2D eigenvalue weighted by Crippen LogP contribution is -2.60. The Morgan fingerprint density at radius 3 is 1.52 bits per heavy atom. The smallest absolute Gasteiger partial charge is 0.220 e. The Morgan fingerprint density at radius 2 is 1.06 bits per heavy atom. The number of aliphatic hydroxyl groups is 5. The van der Waals surface area contributed by atoms with Crippen molar-refractivity contribution in [3.8, 4) is 0 Å². The predicted molar refractivity (Wildman–Crippen MR) is 221 cm³/mol. The Morgan fingerprint density at radius 1 is 0.611 bits per heavy atom. The number of unbranched alkanes of at least 4 members (excludes halogenated alkanes) is 22. The lowest BCUT2D eigenvalue weighted by molar-refractivity contribution is -0.302. The molecule has 0 aliphatic carbocycles. The van der Waals surface area contributed by atoms with Crippen LogP contribution < -0.4 is 5.32 Å². The van der Waals surface area contributed by atoms with Gasteiger partial charge in [0.1, 0.15) is 24.4 Å². The first kappa shape index (κ1) is 50.4. The topological polar surface area (TPSA) is 149 Å². The van der Waals surface area contributed by atoms with E-state index in [2.05, 4.69) is 36.5 Å². The summed E-state index contributed by atoms with van der Waals surface area (Å²) in [5, 5.41) is 53.2. The summed E-state index contributed by atoms with van der Waals surface area (Å²) in [7, 11) is 0. The second kappa shape index (κ2) is 35.8. The number of carbonyl (C=O) groups is 1. The zero-order valence-electron chi connectivity index (χ0n) is 34.5. The summed E-state index contributed by atoms with van der Waals surface area (Å²) in [5.74, 6) is -0.245. The third-order valence-electron chi connectivity index (χ3n) is 10.4. The molecule has 1 amide bonds. The quantitative estimate of drug-likeness (QED) is 0.0274. The summed E-state index contributed by atoms with van der Waals surface area (Å²) in [6.07, 6.45) is 38.2. The molecule has 1 heterocycles. The Hall–Kier alpha value is -1.59. The number of carbonyl (C=O) groups excluding carboxylic acids is 1. The molecule has 6 N–H and O–H groups in total. The molecule has 0 bridgehead atoms. The average molecular weight is 766 g/mol. The van der Waals surface area contributed by atoms with Crippen molar-refractivity contribution in [2.75, 3.05) is 13.2 Å². The molecule has 54 heavy (non-hydrogen) atoms. The van der Waals surface area contributed by atoms with Crippen molar-refractivity contribution in [2.24, 2.45) is 0 Å². The number of hydrogen-bond acceptors (Lipinski definition) is 8. The van der Waals surface area contributed by atoms with Crippen LogP contribution in [0.5, 0.6) is 0 Å².